The molecule has 1 aliphatic heterocycles. The molecule has 0 spiro atoms. The molecule has 0 radical (unpaired) electrons. The van der Waals surface area contributed by atoms with E-state index in [1.54, 1.807) is 0 Å². The minimum absolute atomic E-state index is 0.0365. The minimum atomic E-state index is -0.369. The molecule has 0 bridgehead atoms. The first kappa shape index (κ1) is 12.5. The van der Waals surface area contributed by atoms with Crippen molar-refractivity contribution in [3.05, 3.63) is 0 Å². The van der Waals surface area contributed by atoms with Crippen molar-refractivity contribution in [2.45, 2.75) is 45.6 Å². The third-order valence-corrected chi connectivity index (χ3v) is 2.69. The van der Waals surface area contributed by atoms with E-state index in [9.17, 15) is 4.79 Å². The Kier molecular flexibility index (Phi) is 5.05. The van der Waals surface area contributed by atoms with Crippen molar-refractivity contribution in [3.63, 3.8) is 0 Å². The van der Waals surface area contributed by atoms with Gasteiger partial charge in [0.2, 0.25) is 0 Å². The first-order valence-corrected chi connectivity index (χ1v) is 5.90. The highest BCUT2D eigenvalue weighted by Gasteiger charge is 2.18. The Balaban J connectivity index is 2.27. The van der Waals surface area contributed by atoms with Crippen molar-refractivity contribution in [3.8, 4) is 0 Å². The zero-order chi connectivity index (χ0) is 11.3. The number of nitrogens with zero attached hydrogens (tertiary/aromatic N) is 1. The molecule has 0 unspecified atom stereocenters. The van der Waals surface area contributed by atoms with Gasteiger partial charge in [0.25, 0.3) is 5.91 Å². The second kappa shape index (κ2) is 6.08. The Morgan fingerprint density at radius 2 is 1.93 bits per heavy atom. The lowest BCUT2D eigenvalue weighted by molar-refractivity contribution is -0.128. The molecule has 0 saturated carbocycles. The normalized spacial score (nSPS) is 20.3. The number of nitrogens with two attached hydrogens (primary N) is 1. The number of rotatable bonds is 4. The van der Waals surface area contributed by atoms with E-state index in [-0.39, 0.29) is 11.9 Å². The second-order valence-electron chi connectivity index (χ2n) is 4.76. The van der Waals surface area contributed by atoms with Gasteiger partial charge in [0.15, 0.2) is 0 Å². The maximum absolute atomic E-state index is 11.7. The highest BCUT2D eigenvalue weighted by molar-refractivity contribution is 5.80. The molecule has 1 fully saturated rings. The molecule has 0 aromatic heterocycles. The lowest BCUT2D eigenvalue weighted by atomic mass is 10.0. The molecule has 15 heavy (non-hydrogen) atoms. The Morgan fingerprint density at radius 1 is 1.33 bits per heavy atom. The highest BCUT2D eigenvalue weighted by Crippen LogP contribution is 2.07. The summed E-state index contributed by atoms with van der Waals surface area (Å²) in [7, 11) is 0. The SMILES string of the molecule is CC(C)C[C@H](N)C(=O)NN1CCCCC1. The molecule has 1 aliphatic rings. The van der Waals surface area contributed by atoms with Crippen LogP contribution in [-0.2, 0) is 4.79 Å². The molecule has 0 aliphatic carbocycles. The molecular weight excluding hydrogens is 190 g/mol. The summed E-state index contributed by atoms with van der Waals surface area (Å²) in [5, 5.41) is 1.99. The smallest absolute Gasteiger partial charge is 0.251 e. The number of hydrogen-bond donors (Lipinski definition) is 2. The first-order chi connectivity index (χ1) is 7.09. The van der Waals surface area contributed by atoms with E-state index in [1.807, 2.05) is 5.01 Å². The van der Waals surface area contributed by atoms with Gasteiger partial charge < -0.3 is 5.73 Å². The number of carbonyl (C=O) groups excluding carboxylic acids is 1. The van der Waals surface area contributed by atoms with Gasteiger partial charge in [-0.3, -0.25) is 10.2 Å². The predicted molar refractivity (Wildman–Crippen MR) is 61.0 cm³/mol. The second-order valence-corrected chi connectivity index (χ2v) is 4.76. The molecular formula is C11H23N3O. The minimum Gasteiger partial charge on any atom is -0.320 e. The lowest BCUT2D eigenvalue weighted by Crippen LogP contribution is -2.51. The van der Waals surface area contributed by atoms with Crippen LogP contribution in [0.15, 0.2) is 0 Å². The van der Waals surface area contributed by atoms with Crippen LogP contribution in [0.3, 0.4) is 0 Å². The largest absolute Gasteiger partial charge is 0.320 e. The van der Waals surface area contributed by atoms with Crippen molar-refractivity contribution in [2.24, 2.45) is 11.7 Å². The van der Waals surface area contributed by atoms with Gasteiger partial charge in [0.05, 0.1) is 6.04 Å². The monoisotopic (exact) mass is 213 g/mol. The fourth-order valence-corrected chi connectivity index (χ4v) is 1.86. The molecule has 1 amide bonds. The molecule has 4 heteroatoms. The summed E-state index contributed by atoms with van der Waals surface area (Å²) in [6, 6.07) is -0.369. The number of hydrazine groups is 1. The third kappa shape index (κ3) is 4.62. The van der Waals surface area contributed by atoms with Crippen LogP contribution in [0.1, 0.15) is 39.5 Å². The van der Waals surface area contributed by atoms with E-state index in [2.05, 4.69) is 19.3 Å². The number of amides is 1. The van der Waals surface area contributed by atoms with Gasteiger partial charge in [0.1, 0.15) is 0 Å². The Hall–Kier alpha value is -0.610. The van der Waals surface area contributed by atoms with Gasteiger partial charge in [-0.1, -0.05) is 20.3 Å². The fraction of sp³-hybridized carbons (Fsp3) is 0.909. The van der Waals surface area contributed by atoms with Crippen LogP contribution >= 0.6 is 0 Å². The summed E-state index contributed by atoms with van der Waals surface area (Å²) >= 11 is 0. The van der Waals surface area contributed by atoms with Crippen LogP contribution < -0.4 is 11.2 Å². The summed E-state index contributed by atoms with van der Waals surface area (Å²) in [4.78, 5) is 11.7. The molecule has 4 nitrogen and oxygen atoms in total. The molecule has 0 aromatic rings. The van der Waals surface area contributed by atoms with E-state index < -0.39 is 0 Å². The number of piperidine rings is 1. The van der Waals surface area contributed by atoms with E-state index in [0.29, 0.717) is 5.92 Å². The Bertz CT molecular complexity index is 200. The zero-order valence-corrected chi connectivity index (χ0v) is 9.83. The van der Waals surface area contributed by atoms with Crippen LogP contribution in [0, 0.1) is 5.92 Å². The van der Waals surface area contributed by atoms with Gasteiger partial charge in [-0.25, -0.2) is 5.01 Å². The molecule has 1 saturated heterocycles. The van der Waals surface area contributed by atoms with E-state index in [4.69, 9.17) is 5.73 Å². The third-order valence-electron chi connectivity index (χ3n) is 2.69. The molecule has 88 valence electrons. The molecule has 1 heterocycles. The van der Waals surface area contributed by atoms with E-state index in [0.717, 1.165) is 19.5 Å². The van der Waals surface area contributed by atoms with E-state index in [1.165, 1.54) is 19.3 Å². The zero-order valence-electron chi connectivity index (χ0n) is 9.83. The summed E-state index contributed by atoms with van der Waals surface area (Å²) < 4.78 is 0. The van der Waals surface area contributed by atoms with Gasteiger partial charge in [-0.05, 0) is 25.2 Å². The fourth-order valence-electron chi connectivity index (χ4n) is 1.86. The van der Waals surface area contributed by atoms with Crippen molar-refractivity contribution < 1.29 is 4.79 Å². The van der Waals surface area contributed by atoms with Crippen LogP contribution in [0.5, 0.6) is 0 Å². The Labute approximate surface area is 92.2 Å². The van der Waals surface area contributed by atoms with Crippen LogP contribution in [0.2, 0.25) is 0 Å². The van der Waals surface area contributed by atoms with Crippen molar-refractivity contribution >= 4 is 5.91 Å². The average Bonchev–Trinajstić information content (AvgIpc) is 2.18. The van der Waals surface area contributed by atoms with E-state index >= 15 is 0 Å². The topological polar surface area (TPSA) is 58.4 Å². The quantitative estimate of drug-likeness (QED) is 0.728. The maximum Gasteiger partial charge on any atom is 0.251 e. The van der Waals surface area contributed by atoms with Crippen LogP contribution in [0.4, 0.5) is 0 Å². The standard InChI is InChI=1S/C11H23N3O/c1-9(2)8-10(12)11(15)13-14-6-4-3-5-7-14/h9-10H,3-8,12H2,1-2H3,(H,13,15)/t10-/m0/s1. The van der Waals surface area contributed by atoms with Gasteiger partial charge in [-0.15, -0.1) is 0 Å². The molecule has 1 rings (SSSR count). The highest BCUT2D eigenvalue weighted by atomic mass is 16.2. The van der Waals surface area contributed by atoms with Crippen molar-refractivity contribution in [2.75, 3.05) is 13.1 Å². The first-order valence-electron chi connectivity index (χ1n) is 5.90. The van der Waals surface area contributed by atoms with Crippen LogP contribution in [-0.4, -0.2) is 30.0 Å². The molecule has 0 aromatic carbocycles. The van der Waals surface area contributed by atoms with Crippen molar-refractivity contribution in [1.82, 2.24) is 10.4 Å². The number of nitrogens with one attached hydrogen (secondary N) is 1. The average molecular weight is 213 g/mol. The van der Waals surface area contributed by atoms with Crippen molar-refractivity contribution in [1.29, 1.82) is 0 Å². The summed E-state index contributed by atoms with van der Waals surface area (Å²) in [5.74, 6) is 0.428. The molecule has 3 N–H and O–H groups in total. The Morgan fingerprint density at radius 3 is 2.47 bits per heavy atom. The van der Waals surface area contributed by atoms with Crippen LogP contribution in [0.25, 0.3) is 0 Å². The number of carbonyl (C=O) groups is 1. The number of hydrogen-bond acceptors (Lipinski definition) is 3. The summed E-state index contributed by atoms with van der Waals surface area (Å²) in [6.45, 7) is 6.07. The predicted octanol–water partition coefficient (Wildman–Crippen LogP) is 0.877. The van der Waals surface area contributed by atoms with Gasteiger partial charge in [-0.2, -0.15) is 0 Å². The lowest BCUT2D eigenvalue weighted by Gasteiger charge is -2.28. The van der Waals surface area contributed by atoms with Gasteiger partial charge >= 0.3 is 0 Å². The van der Waals surface area contributed by atoms with Gasteiger partial charge in [0, 0.05) is 13.1 Å². The maximum atomic E-state index is 11.7. The summed E-state index contributed by atoms with van der Waals surface area (Å²) in [5.41, 5.74) is 8.69. The molecule has 1 atom stereocenters. The summed E-state index contributed by atoms with van der Waals surface area (Å²) in [6.07, 6.45) is 4.35.